The van der Waals surface area contributed by atoms with Crippen molar-refractivity contribution in [1.82, 2.24) is 0 Å². The average molecular weight is 385 g/mol. The van der Waals surface area contributed by atoms with Gasteiger partial charge in [0.1, 0.15) is 10.8 Å². The number of anilines is 1. The summed E-state index contributed by atoms with van der Waals surface area (Å²) in [5, 5.41) is 15.2. The monoisotopic (exact) mass is 384 g/mol. The van der Waals surface area contributed by atoms with Crippen LogP contribution in [0.25, 0.3) is 0 Å². The summed E-state index contributed by atoms with van der Waals surface area (Å²) in [6, 6.07) is 5.21. The first kappa shape index (κ1) is 18.7. The van der Waals surface area contributed by atoms with Gasteiger partial charge in [-0.15, -0.1) is 11.3 Å². The molecule has 1 aromatic carbocycles. The Kier molecular flexibility index (Phi) is 6.31. The lowest BCUT2D eigenvalue weighted by atomic mass is 10.3. The van der Waals surface area contributed by atoms with Crippen LogP contribution in [0.4, 0.5) is 10.7 Å². The van der Waals surface area contributed by atoms with Gasteiger partial charge in [-0.3, -0.25) is 14.9 Å². The molecule has 2 rings (SSSR count). The summed E-state index contributed by atoms with van der Waals surface area (Å²) in [5.74, 6) is -0.903. The molecule has 10 heteroatoms. The highest BCUT2D eigenvalue weighted by molar-refractivity contribution is 7.14. The summed E-state index contributed by atoms with van der Waals surface area (Å²) in [7, 11) is 0. The second-order valence-electron chi connectivity index (χ2n) is 4.59. The Labute approximate surface area is 151 Å². The molecule has 0 aliphatic carbocycles. The molecule has 0 saturated carbocycles. The number of hydrogen-bond donors (Lipinski definition) is 1. The SMILES string of the molecule is CCOC(=O)c1ccsc1NC(=O)COc1ccc([N+](=O)[O-])cc1Cl. The highest BCUT2D eigenvalue weighted by Gasteiger charge is 2.17. The molecule has 0 unspecified atom stereocenters. The smallest absolute Gasteiger partial charge is 0.341 e. The number of hydrogen-bond acceptors (Lipinski definition) is 7. The van der Waals surface area contributed by atoms with Crippen LogP contribution in [0, 0.1) is 10.1 Å². The van der Waals surface area contributed by atoms with Crippen LogP contribution in [0.3, 0.4) is 0 Å². The first-order valence-electron chi connectivity index (χ1n) is 7.03. The van der Waals surface area contributed by atoms with Crippen molar-refractivity contribution >= 4 is 45.5 Å². The van der Waals surface area contributed by atoms with Gasteiger partial charge in [0.25, 0.3) is 11.6 Å². The van der Waals surface area contributed by atoms with E-state index in [1.165, 1.54) is 23.5 Å². The number of nitro groups is 1. The lowest BCUT2D eigenvalue weighted by Gasteiger charge is -2.09. The van der Waals surface area contributed by atoms with Crippen molar-refractivity contribution in [2.45, 2.75) is 6.92 Å². The normalized spacial score (nSPS) is 10.2. The molecule has 1 N–H and O–H groups in total. The Morgan fingerprint density at radius 1 is 1.36 bits per heavy atom. The Balaban J connectivity index is 1.97. The van der Waals surface area contributed by atoms with Crippen molar-refractivity contribution in [3.63, 3.8) is 0 Å². The zero-order chi connectivity index (χ0) is 18.4. The average Bonchev–Trinajstić information content (AvgIpc) is 3.02. The molecule has 0 radical (unpaired) electrons. The molecule has 0 fully saturated rings. The standard InChI is InChI=1S/C15H13ClN2O6S/c1-2-23-15(20)10-5-6-25-14(10)17-13(19)8-24-12-4-3-9(18(21)22)7-11(12)16/h3-7H,2,8H2,1H3,(H,17,19). The van der Waals surface area contributed by atoms with Crippen molar-refractivity contribution in [2.75, 3.05) is 18.5 Å². The lowest BCUT2D eigenvalue weighted by molar-refractivity contribution is -0.384. The van der Waals surface area contributed by atoms with Gasteiger partial charge in [-0.05, 0) is 24.4 Å². The summed E-state index contributed by atoms with van der Waals surface area (Å²) in [5.41, 5.74) is 0.0769. The maximum absolute atomic E-state index is 12.0. The van der Waals surface area contributed by atoms with Gasteiger partial charge in [0.05, 0.1) is 22.1 Å². The van der Waals surface area contributed by atoms with Crippen molar-refractivity contribution in [3.05, 3.63) is 50.3 Å². The second kappa shape index (κ2) is 8.45. The van der Waals surface area contributed by atoms with Crippen LogP contribution in [0.5, 0.6) is 5.75 Å². The van der Waals surface area contributed by atoms with Gasteiger partial charge in [0, 0.05) is 12.1 Å². The number of amides is 1. The van der Waals surface area contributed by atoms with Crippen molar-refractivity contribution in [2.24, 2.45) is 0 Å². The number of benzene rings is 1. The molecule has 0 aliphatic rings. The minimum absolute atomic E-state index is 0.0188. The van der Waals surface area contributed by atoms with E-state index in [2.05, 4.69) is 5.32 Å². The molecule has 1 amide bonds. The Bertz CT molecular complexity index is 807. The molecule has 1 aromatic heterocycles. The third kappa shape index (κ3) is 4.91. The number of ether oxygens (including phenoxy) is 2. The molecule has 0 aliphatic heterocycles. The molecular weight excluding hydrogens is 372 g/mol. The van der Waals surface area contributed by atoms with E-state index in [0.29, 0.717) is 5.00 Å². The molecule has 1 heterocycles. The molecule has 0 spiro atoms. The molecule has 8 nitrogen and oxygen atoms in total. The lowest BCUT2D eigenvalue weighted by Crippen LogP contribution is -2.21. The van der Waals surface area contributed by atoms with Crippen LogP contribution in [-0.4, -0.2) is 30.0 Å². The topological polar surface area (TPSA) is 108 Å². The fourth-order valence-electron chi connectivity index (χ4n) is 1.80. The molecule has 132 valence electrons. The third-order valence-corrected chi connectivity index (χ3v) is 4.02. The zero-order valence-electron chi connectivity index (χ0n) is 13.0. The number of nitrogens with zero attached hydrogens (tertiary/aromatic N) is 1. The molecule has 25 heavy (non-hydrogen) atoms. The number of halogens is 1. The predicted octanol–water partition coefficient (Wildman–Crippen LogP) is 3.50. The van der Waals surface area contributed by atoms with Gasteiger partial charge in [-0.2, -0.15) is 0 Å². The van der Waals surface area contributed by atoms with E-state index in [1.807, 2.05) is 0 Å². The van der Waals surface area contributed by atoms with E-state index < -0.39 is 16.8 Å². The largest absolute Gasteiger partial charge is 0.482 e. The summed E-state index contributed by atoms with van der Waals surface area (Å²) in [6.07, 6.45) is 0. The molecule has 0 saturated heterocycles. The Hall–Kier alpha value is -2.65. The van der Waals surface area contributed by atoms with Gasteiger partial charge in [0.15, 0.2) is 6.61 Å². The zero-order valence-corrected chi connectivity index (χ0v) is 14.6. The van der Waals surface area contributed by atoms with E-state index in [9.17, 15) is 19.7 Å². The first-order chi connectivity index (χ1) is 11.9. The highest BCUT2D eigenvalue weighted by Crippen LogP contribution is 2.29. The van der Waals surface area contributed by atoms with E-state index in [-0.39, 0.29) is 35.2 Å². The molecule has 2 aromatic rings. The van der Waals surface area contributed by atoms with Crippen molar-refractivity contribution in [3.8, 4) is 5.75 Å². The van der Waals surface area contributed by atoms with E-state index in [1.54, 1.807) is 18.4 Å². The number of nitrogens with one attached hydrogen (secondary N) is 1. The van der Waals surface area contributed by atoms with Crippen molar-refractivity contribution < 1.29 is 24.0 Å². The summed E-state index contributed by atoms with van der Waals surface area (Å²) in [4.78, 5) is 33.8. The minimum Gasteiger partial charge on any atom is -0.482 e. The van der Waals surface area contributed by atoms with Crippen LogP contribution in [0.1, 0.15) is 17.3 Å². The van der Waals surface area contributed by atoms with Crippen LogP contribution in [0.2, 0.25) is 5.02 Å². The Morgan fingerprint density at radius 3 is 2.76 bits per heavy atom. The van der Waals surface area contributed by atoms with Gasteiger partial charge in [-0.25, -0.2) is 4.79 Å². The fraction of sp³-hybridized carbons (Fsp3) is 0.200. The third-order valence-electron chi connectivity index (χ3n) is 2.90. The van der Waals surface area contributed by atoms with Crippen molar-refractivity contribution in [1.29, 1.82) is 0 Å². The number of rotatable bonds is 7. The van der Waals surface area contributed by atoms with E-state index in [4.69, 9.17) is 21.1 Å². The van der Waals surface area contributed by atoms with Crippen LogP contribution in [-0.2, 0) is 9.53 Å². The highest BCUT2D eigenvalue weighted by atomic mass is 35.5. The first-order valence-corrected chi connectivity index (χ1v) is 8.29. The quantitative estimate of drug-likeness (QED) is 0.444. The molecule has 0 atom stereocenters. The molecular formula is C15H13ClN2O6S. The molecule has 0 bridgehead atoms. The summed E-state index contributed by atoms with van der Waals surface area (Å²) in [6.45, 7) is 1.53. The second-order valence-corrected chi connectivity index (χ2v) is 5.92. The van der Waals surface area contributed by atoms with Gasteiger partial charge >= 0.3 is 5.97 Å². The van der Waals surface area contributed by atoms with Gasteiger partial charge in [0.2, 0.25) is 0 Å². The minimum atomic E-state index is -0.587. The number of thiophene rings is 1. The number of non-ortho nitro benzene ring substituents is 1. The number of carbonyl (C=O) groups is 2. The van der Waals surface area contributed by atoms with E-state index in [0.717, 1.165) is 6.07 Å². The van der Waals surface area contributed by atoms with Crippen LogP contribution >= 0.6 is 22.9 Å². The maximum atomic E-state index is 12.0. The van der Waals surface area contributed by atoms with Gasteiger partial charge in [-0.1, -0.05) is 11.6 Å². The number of nitro benzene ring substituents is 1. The number of esters is 1. The predicted molar refractivity (Wildman–Crippen MR) is 92.5 cm³/mol. The van der Waals surface area contributed by atoms with Crippen LogP contribution < -0.4 is 10.1 Å². The van der Waals surface area contributed by atoms with Crippen LogP contribution in [0.15, 0.2) is 29.6 Å². The summed E-state index contributed by atoms with van der Waals surface area (Å²) < 4.78 is 10.1. The fourth-order valence-corrected chi connectivity index (χ4v) is 2.82. The Morgan fingerprint density at radius 2 is 2.12 bits per heavy atom. The van der Waals surface area contributed by atoms with E-state index >= 15 is 0 Å². The van der Waals surface area contributed by atoms with Gasteiger partial charge < -0.3 is 14.8 Å². The summed E-state index contributed by atoms with van der Waals surface area (Å²) >= 11 is 7.05. The maximum Gasteiger partial charge on any atom is 0.341 e. The number of carbonyl (C=O) groups excluding carboxylic acids is 2.